The van der Waals surface area contributed by atoms with E-state index in [4.69, 9.17) is 4.98 Å². The molecule has 0 aliphatic heterocycles. The predicted molar refractivity (Wildman–Crippen MR) is 96.6 cm³/mol. The third-order valence-electron chi connectivity index (χ3n) is 4.11. The maximum Gasteiger partial charge on any atom is 0.154 e. The molecule has 0 saturated carbocycles. The summed E-state index contributed by atoms with van der Waals surface area (Å²) in [7, 11) is 0. The van der Waals surface area contributed by atoms with E-state index in [0.717, 1.165) is 39.2 Å². The smallest absolute Gasteiger partial charge is 0.154 e. The number of benzene rings is 2. The minimum atomic E-state index is 0.228. The van der Waals surface area contributed by atoms with Crippen molar-refractivity contribution < 1.29 is 0 Å². The topological polar surface area (TPSA) is 54.5 Å². The Morgan fingerprint density at radius 2 is 1.58 bits per heavy atom. The Kier molecular flexibility index (Phi) is 3.58. The normalized spacial score (nSPS) is 11.3. The van der Waals surface area contributed by atoms with Gasteiger partial charge in [0.05, 0.1) is 0 Å². The number of para-hydroxylation sites is 1. The average molecular weight is 314 g/mol. The second-order valence-corrected chi connectivity index (χ2v) is 6.14. The highest BCUT2D eigenvalue weighted by molar-refractivity contribution is 5.97. The Hall–Kier alpha value is -3.01. The van der Waals surface area contributed by atoms with Crippen LogP contribution in [0.5, 0.6) is 0 Å². The molecule has 0 spiro atoms. The second-order valence-electron chi connectivity index (χ2n) is 6.14. The molecule has 0 radical (unpaired) electrons. The van der Waals surface area contributed by atoms with E-state index in [1.54, 1.807) is 0 Å². The van der Waals surface area contributed by atoms with Crippen LogP contribution in [-0.2, 0) is 0 Å². The SMILES string of the molecule is CC(C)c1nnc(-c2ccccc2)c(-c2c[nH]c3ccccc23)n1. The van der Waals surface area contributed by atoms with Crippen LogP contribution in [0.2, 0.25) is 0 Å². The Labute approximate surface area is 140 Å². The van der Waals surface area contributed by atoms with E-state index in [1.165, 1.54) is 0 Å². The Morgan fingerprint density at radius 3 is 2.38 bits per heavy atom. The number of hydrogen-bond acceptors (Lipinski definition) is 3. The van der Waals surface area contributed by atoms with Crippen molar-refractivity contribution in [3.63, 3.8) is 0 Å². The molecule has 24 heavy (non-hydrogen) atoms. The third kappa shape index (κ3) is 2.46. The van der Waals surface area contributed by atoms with Crippen molar-refractivity contribution in [1.29, 1.82) is 0 Å². The lowest BCUT2D eigenvalue weighted by Gasteiger charge is -2.10. The molecule has 0 atom stereocenters. The summed E-state index contributed by atoms with van der Waals surface area (Å²) in [4.78, 5) is 8.17. The quantitative estimate of drug-likeness (QED) is 0.590. The minimum absolute atomic E-state index is 0.228. The number of hydrogen-bond donors (Lipinski definition) is 1. The lowest BCUT2D eigenvalue weighted by molar-refractivity contribution is 0.740. The number of aromatic amines is 1. The molecule has 0 amide bonds. The number of nitrogens with zero attached hydrogens (tertiary/aromatic N) is 3. The number of nitrogens with one attached hydrogen (secondary N) is 1. The van der Waals surface area contributed by atoms with Crippen LogP contribution >= 0.6 is 0 Å². The van der Waals surface area contributed by atoms with Crippen molar-refractivity contribution in [3.05, 3.63) is 66.6 Å². The first-order chi connectivity index (χ1) is 11.7. The van der Waals surface area contributed by atoms with E-state index in [1.807, 2.05) is 48.7 Å². The summed E-state index contributed by atoms with van der Waals surface area (Å²) in [5, 5.41) is 9.98. The molecule has 0 aliphatic carbocycles. The zero-order valence-electron chi connectivity index (χ0n) is 13.7. The number of H-pyrrole nitrogens is 1. The molecule has 0 saturated heterocycles. The number of fused-ring (bicyclic) bond motifs is 1. The second kappa shape index (κ2) is 5.89. The molecule has 2 heterocycles. The molecule has 4 heteroatoms. The van der Waals surface area contributed by atoms with E-state index in [-0.39, 0.29) is 5.92 Å². The van der Waals surface area contributed by atoms with Gasteiger partial charge in [0.25, 0.3) is 0 Å². The van der Waals surface area contributed by atoms with Crippen molar-refractivity contribution in [3.8, 4) is 22.5 Å². The molecule has 2 aromatic carbocycles. The standard InChI is InChI=1S/C20H18N4/c1-13(2)20-22-19(16-12-21-17-11-7-6-10-15(16)17)18(23-24-20)14-8-4-3-5-9-14/h3-13,21H,1-2H3. The lowest BCUT2D eigenvalue weighted by atomic mass is 10.0. The van der Waals surface area contributed by atoms with Crippen molar-refractivity contribution in [2.45, 2.75) is 19.8 Å². The molecule has 0 unspecified atom stereocenters. The van der Waals surface area contributed by atoms with Crippen LogP contribution in [0.1, 0.15) is 25.6 Å². The first kappa shape index (κ1) is 14.6. The monoisotopic (exact) mass is 314 g/mol. The highest BCUT2D eigenvalue weighted by Gasteiger charge is 2.17. The van der Waals surface area contributed by atoms with E-state index in [0.29, 0.717) is 0 Å². The minimum Gasteiger partial charge on any atom is -0.360 e. The number of aromatic nitrogens is 4. The van der Waals surface area contributed by atoms with Gasteiger partial charge in [0.15, 0.2) is 5.82 Å². The molecule has 4 nitrogen and oxygen atoms in total. The number of rotatable bonds is 3. The fourth-order valence-electron chi connectivity index (χ4n) is 2.83. The highest BCUT2D eigenvalue weighted by Crippen LogP contribution is 2.33. The molecule has 4 aromatic rings. The van der Waals surface area contributed by atoms with Gasteiger partial charge in [-0.1, -0.05) is 62.4 Å². The molecule has 118 valence electrons. The van der Waals surface area contributed by atoms with Gasteiger partial charge in [-0.05, 0) is 6.07 Å². The van der Waals surface area contributed by atoms with Gasteiger partial charge >= 0.3 is 0 Å². The lowest BCUT2D eigenvalue weighted by Crippen LogP contribution is -2.04. The first-order valence-corrected chi connectivity index (χ1v) is 8.10. The van der Waals surface area contributed by atoms with Crippen LogP contribution in [-0.4, -0.2) is 20.2 Å². The van der Waals surface area contributed by atoms with Crippen LogP contribution < -0.4 is 0 Å². The highest BCUT2D eigenvalue weighted by atomic mass is 15.2. The van der Waals surface area contributed by atoms with Gasteiger partial charge < -0.3 is 4.98 Å². The summed E-state index contributed by atoms with van der Waals surface area (Å²) in [5.41, 5.74) is 4.85. The zero-order chi connectivity index (χ0) is 16.5. The van der Waals surface area contributed by atoms with Crippen LogP contribution in [0.4, 0.5) is 0 Å². The van der Waals surface area contributed by atoms with Crippen LogP contribution in [0, 0.1) is 0 Å². The predicted octanol–water partition coefficient (Wildman–Crippen LogP) is 4.81. The van der Waals surface area contributed by atoms with Gasteiger partial charge in [-0.25, -0.2) is 4.98 Å². The zero-order valence-corrected chi connectivity index (χ0v) is 13.7. The van der Waals surface area contributed by atoms with E-state index in [9.17, 15) is 0 Å². The average Bonchev–Trinajstić information content (AvgIpc) is 3.06. The summed E-state index contributed by atoms with van der Waals surface area (Å²) in [5.74, 6) is 0.987. The third-order valence-corrected chi connectivity index (χ3v) is 4.11. The van der Waals surface area contributed by atoms with Crippen molar-refractivity contribution in [2.24, 2.45) is 0 Å². The summed E-state index contributed by atoms with van der Waals surface area (Å²) < 4.78 is 0. The van der Waals surface area contributed by atoms with Crippen LogP contribution in [0.15, 0.2) is 60.8 Å². The molecule has 4 rings (SSSR count). The molecule has 2 aromatic heterocycles. The maximum atomic E-state index is 4.85. The summed E-state index contributed by atoms with van der Waals surface area (Å²) >= 11 is 0. The molecule has 0 bridgehead atoms. The van der Waals surface area contributed by atoms with Crippen molar-refractivity contribution in [2.75, 3.05) is 0 Å². The van der Waals surface area contributed by atoms with Gasteiger partial charge in [-0.2, -0.15) is 0 Å². The fraction of sp³-hybridized carbons (Fsp3) is 0.150. The van der Waals surface area contributed by atoms with Crippen LogP contribution in [0.25, 0.3) is 33.4 Å². The van der Waals surface area contributed by atoms with Gasteiger partial charge in [0, 0.05) is 34.1 Å². The van der Waals surface area contributed by atoms with Crippen LogP contribution in [0.3, 0.4) is 0 Å². The van der Waals surface area contributed by atoms with Gasteiger partial charge in [-0.15, -0.1) is 10.2 Å². The Morgan fingerprint density at radius 1 is 0.833 bits per heavy atom. The van der Waals surface area contributed by atoms with Gasteiger partial charge in [0.1, 0.15) is 11.4 Å². The van der Waals surface area contributed by atoms with E-state index >= 15 is 0 Å². The molecular weight excluding hydrogens is 296 g/mol. The van der Waals surface area contributed by atoms with E-state index in [2.05, 4.69) is 41.2 Å². The molecular formula is C20H18N4. The Balaban J connectivity index is 2.00. The summed E-state index contributed by atoms with van der Waals surface area (Å²) in [6.07, 6.45) is 2.01. The molecule has 1 N–H and O–H groups in total. The van der Waals surface area contributed by atoms with E-state index < -0.39 is 0 Å². The summed E-state index contributed by atoms with van der Waals surface area (Å²) in [6, 6.07) is 18.3. The van der Waals surface area contributed by atoms with Crippen molar-refractivity contribution >= 4 is 10.9 Å². The van der Waals surface area contributed by atoms with Gasteiger partial charge in [-0.3, -0.25) is 0 Å². The molecule has 0 fully saturated rings. The summed E-state index contributed by atoms with van der Waals surface area (Å²) in [6.45, 7) is 4.16. The van der Waals surface area contributed by atoms with Gasteiger partial charge in [0.2, 0.25) is 0 Å². The Bertz CT molecular complexity index is 987. The first-order valence-electron chi connectivity index (χ1n) is 8.10. The maximum absolute atomic E-state index is 4.85. The largest absolute Gasteiger partial charge is 0.360 e. The molecule has 0 aliphatic rings. The fourth-order valence-corrected chi connectivity index (χ4v) is 2.83. The van der Waals surface area contributed by atoms with Crippen molar-refractivity contribution in [1.82, 2.24) is 20.2 Å².